The van der Waals surface area contributed by atoms with Crippen molar-refractivity contribution in [1.82, 2.24) is 29.7 Å². The smallest absolute Gasteiger partial charge is 0.157 e. The summed E-state index contributed by atoms with van der Waals surface area (Å²) in [5, 5.41) is 14.6. The lowest BCUT2D eigenvalue weighted by atomic mass is 10.1. The van der Waals surface area contributed by atoms with Crippen molar-refractivity contribution in [1.29, 1.82) is 0 Å². The summed E-state index contributed by atoms with van der Waals surface area (Å²) < 4.78 is 1.72. The normalized spacial score (nSPS) is 15.6. The predicted molar refractivity (Wildman–Crippen MR) is 91.9 cm³/mol. The van der Waals surface area contributed by atoms with E-state index >= 15 is 0 Å². The summed E-state index contributed by atoms with van der Waals surface area (Å²) in [7, 11) is 0. The molecule has 0 amide bonds. The lowest BCUT2D eigenvalue weighted by Crippen LogP contribution is -2.03. The Labute approximate surface area is 143 Å². The van der Waals surface area contributed by atoms with Crippen molar-refractivity contribution in [2.45, 2.75) is 18.9 Å². The van der Waals surface area contributed by atoms with Crippen LogP contribution in [-0.2, 0) is 0 Å². The van der Waals surface area contributed by atoms with Gasteiger partial charge in [0.2, 0.25) is 0 Å². The second-order valence-corrected chi connectivity index (χ2v) is 6.36. The van der Waals surface area contributed by atoms with Crippen LogP contribution in [0.5, 0.6) is 0 Å². The number of fused-ring (bicyclic) bond motifs is 1. The van der Waals surface area contributed by atoms with Gasteiger partial charge in [-0.05, 0) is 36.5 Å². The number of aliphatic hydroxyl groups is 1. The SMILES string of the molecule is OC(c1ccc(-n2cc(-c3ccnc4[nH]cnc34)cn2)nc1)C1CC1. The van der Waals surface area contributed by atoms with Crippen LogP contribution >= 0.6 is 0 Å². The molecule has 4 heterocycles. The Kier molecular flexibility index (Phi) is 3.14. The van der Waals surface area contributed by atoms with Crippen molar-refractivity contribution in [3.8, 4) is 16.9 Å². The average molecular weight is 332 g/mol. The number of aliphatic hydroxyl groups excluding tert-OH is 1. The fraction of sp³-hybridized carbons (Fsp3) is 0.222. The Balaban J connectivity index is 1.47. The highest BCUT2D eigenvalue weighted by Gasteiger charge is 2.30. The quantitative estimate of drug-likeness (QED) is 0.599. The molecule has 1 atom stereocenters. The van der Waals surface area contributed by atoms with E-state index in [0.29, 0.717) is 11.7 Å². The molecule has 124 valence electrons. The van der Waals surface area contributed by atoms with Gasteiger partial charge in [0.15, 0.2) is 11.5 Å². The Bertz CT molecular complexity index is 1030. The van der Waals surface area contributed by atoms with Gasteiger partial charge in [0.05, 0.1) is 18.6 Å². The second kappa shape index (κ2) is 5.49. The van der Waals surface area contributed by atoms with E-state index in [9.17, 15) is 5.11 Å². The Hall–Kier alpha value is -3.06. The monoisotopic (exact) mass is 332 g/mol. The number of nitrogens with zero attached hydrogens (tertiary/aromatic N) is 5. The van der Waals surface area contributed by atoms with Crippen molar-refractivity contribution in [2.24, 2.45) is 5.92 Å². The molecule has 1 aliphatic rings. The fourth-order valence-corrected chi connectivity index (χ4v) is 3.06. The minimum atomic E-state index is -0.403. The molecule has 1 unspecified atom stereocenters. The van der Waals surface area contributed by atoms with Crippen molar-refractivity contribution < 1.29 is 5.11 Å². The van der Waals surface area contributed by atoms with Gasteiger partial charge in [0.1, 0.15) is 5.52 Å². The van der Waals surface area contributed by atoms with Gasteiger partial charge in [0.25, 0.3) is 0 Å². The topological polar surface area (TPSA) is 92.5 Å². The molecular formula is C18H16N6O. The van der Waals surface area contributed by atoms with Crippen molar-refractivity contribution >= 4 is 11.2 Å². The summed E-state index contributed by atoms with van der Waals surface area (Å²) in [4.78, 5) is 16.0. The standard InChI is InChI=1S/C18H16N6O/c25-17(11-1-2-11)12-3-4-15(20-7-12)24-9-13(8-23-24)14-5-6-19-18-16(14)21-10-22-18/h3-11,17,25H,1-2H2,(H,19,21,22). The van der Waals surface area contributed by atoms with Gasteiger partial charge in [-0.2, -0.15) is 5.10 Å². The molecule has 0 aliphatic heterocycles. The highest BCUT2D eigenvalue weighted by Crippen LogP contribution is 2.40. The van der Waals surface area contributed by atoms with Crippen LogP contribution in [0.15, 0.2) is 49.3 Å². The Morgan fingerprint density at radius 1 is 1.12 bits per heavy atom. The first kappa shape index (κ1) is 14.3. The predicted octanol–water partition coefficient (Wildman–Crippen LogP) is 2.65. The van der Waals surface area contributed by atoms with Crippen molar-refractivity contribution in [3.05, 3.63) is 54.9 Å². The van der Waals surface area contributed by atoms with Crippen molar-refractivity contribution in [3.63, 3.8) is 0 Å². The molecule has 7 nitrogen and oxygen atoms in total. The lowest BCUT2D eigenvalue weighted by Gasteiger charge is -2.09. The van der Waals surface area contributed by atoms with E-state index < -0.39 is 6.10 Å². The number of hydrogen-bond acceptors (Lipinski definition) is 5. The van der Waals surface area contributed by atoms with Crippen LogP contribution in [0, 0.1) is 5.92 Å². The van der Waals surface area contributed by atoms with Gasteiger partial charge in [0, 0.05) is 29.7 Å². The molecule has 7 heteroatoms. The largest absolute Gasteiger partial charge is 0.388 e. The number of aromatic nitrogens is 6. The molecule has 4 aromatic rings. The van der Waals surface area contributed by atoms with Gasteiger partial charge < -0.3 is 10.1 Å². The number of hydrogen-bond donors (Lipinski definition) is 2. The van der Waals surface area contributed by atoms with E-state index in [2.05, 4.69) is 25.0 Å². The highest BCUT2D eigenvalue weighted by molar-refractivity contribution is 5.88. The number of pyridine rings is 2. The molecule has 0 spiro atoms. The number of H-pyrrole nitrogens is 1. The third kappa shape index (κ3) is 2.49. The van der Waals surface area contributed by atoms with E-state index in [1.54, 1.807) is 29.6 Å². The molecule has 2 N–H and O–H groups in total. The zero-order valence-corrected chi connectivity index (χ0v) is 13.4. The van der Waals surface area contributed by atoms with Crippen LogP contribution in [0.1, 0.15) is 24.5 Å². The van der Waals surface area contributed by atoms with Gasteiger partial charge in [-0.1, -0.05) is 6.07 Å². The minimum absolute atomic E-state index is 0.395. The maximum atomic E-state index is 10.2. The van der Waals surface area contributed by atoms with E-state index in [-0.39, 0.29) is 0 Å². The van der Waals surface area contributed by atoms with Gasteiger partial charge in [-0.25, -0.2) is 19.6 Å². The third-order valence-corrected chi connectivity index (χ3v) is 4.63. The first-order chi connectivity index (χ1) is 12.3. The van der Waals surface area contributed by atoms with Crippen LogP contribution in [0.3, 0.4) is 0 Å². The first-order valence-electron chi connectivity index (χ1n) is 8.27. The Morgan fingerprint density at radius 3 is 2.84 bits per heavy atom. The molecule has 1 saturated carbocycles. The molecule has 4 aromatic heterocycles. The number of rotatable bonds is 4. The molecular weight excluding hydrogens is 316 g/mol. The van der Waals surface area contributed by atoms with Gasteiger partial charge >= 0.3 is 0 Å². The molecule has 5 rings (SSSR count). The Morgan fingerprint density at radius 2 is 2.04 bits per heavy atom. The maximum absolute atomic E-state index is 10.2. The van der Waals surface area contributed by atoms with E-state index in [1.165, 1.54) is 0 Å². The number of imidazole rings is 1. The summed E-state index contributed by atoms with van der Waals surface area (Å²) in [6.07, 6.45) is 10.6. The molecule has 0 bridgehead atoms. The zero-order valence-electron chi connectivity index (χ0n) is 13.4. The highest BCUT2D eigenvalue weighted by atomic mass is 16.3. The van der Waals surface area contributed by atoms with Crippen LogP contribution in [0.4, 0.5) is 0 Å². The molecule has 0 radical (unpaired) electrons. The summed E-state index contributed by atoms with van der Waals surface area (Å²) in [6.45, 7) is 0. The van der Waals surface area contributed by atoms with E-state index in [4.69, 9.17) is 0 Å². The van der Waals surface area contributed by atoms with Gasteiger partial charge in [-0.15, -0.1) is 0 Å². The summed E-state index contributed by atoms with van der Waals surface area (Å²) in [6, 6.07) is 5.73. The minimum Gasteiger partial charge on any atom is -0.388 e. The van der Waals surface area contributed by atoms with Gasteiger partial charge in [-0.3, -0.25) is 0 Å². The number of nitrogens with one attached hydrogen (secondary N) is 1. The van der Waals surface area contributed by atoms with Crippen molar-refractivity contribution in [2.75, 3.05) is 0 Å². The third-order valence-electron chi connectivity index (χ3n) is 4.63. The number of aromatic amines is 1. The van der Waals surface area contributed by atoms with Crippen LogP contribution in [-0.4, -0.2) is 34.8 Å². The van der Waals surface area contributed by atoms with Crippen LogP contribution in [0.2, 0.25) is 0 Å². The van der Waals surface area contributed by atoms with E-state index in [1.807, 2.05) is 24.4 Å². The van der Waals surface area contributed by atoms with Crippen LogP contribution in [0.25, 0.3) is 28.1 Å². The van der Waals surface area contributed by atoms with Crippen LogP contribution < -0.4 is 0 Å². The summed E-state index contributed by atoms with van der Waals surface area (Å²) >= 11 is 0. The lowest BCUT2D eigenvalue weighted by molar-refractivity contribution is 0.153. The zero-order chi connectivity index (χ0) is 16.8. The molecule has 25 heavy (non-hydrogen) atoms. The molecule has 0 aromatic carbocycles. The average Bonchev–Trinajstić information content (AvgIpc) is 3.19. The molecule has 1 aliphatic carbocycles. The fourth-order valence-electron chi connectivity index (χ4n) is 3.06. The maximum Gasteiger partial charge on any atom is 0.157 e. The van der Waals surface area contributed by atoms with E-state index in [0.717, 1.165) is 40.7 Å². The molecule has 1 fully saturated rings. The second-order valence-electron chi connectivity index (χ2n) is 6.36. The summed E-state index contributed by atoms with van der Waals surface area (Å²) in [5.41, 5.74) is 4.35. The molecule has 0 saturated heterocycles. The first-order valence-corrected chi connectivity index (χ1v) is 8.27. The summed E-state index contributed by atoms with van der Waals surface area (Å²) in [5.74, 6) is 1.11.